The molecule has 1 aliphatic rings. The number of methoxy groups -OCH3 is 1. The highest BCUT2D eigenvalue weighted by Crippen LogP contribution is 2.19. The van der Waals surface area contributed by atoms with Crippen molar-refractivity contribution < 1.29 is 9.53 Å². The third-order valence-corrected chi connectivity index (χ3v) is 4.54. The summed E-state index contributed by atoms with van der Waals surface area (Å²) in [6, 6.07) is 8.97. The van der Waals surface area contributed by atoms with E-state index in [1.165, 1.54) is 12.7 Å². The van der Waals surface area contributed by atoms with Crippen molar-refractivity contribution in [3.05, 3.63) is 48.5 Å². The summed E-state index contributed by atoms with van der Waals surface area (Å²) in [5.41, 5.74) is 2.33. The van der Waals surface area contributed by atoms with Crippen molar-refractivity contribution in [2.75, 3.05) is 20.2 Å². The first-order valence-electron chi connectivity index (χ1n) is 8.34. The Balaban J connectivity index is 1.60. The van der Waals surface area contributed by atoms with E-state index in [1.54, 1.807) is 17.4 Å². The lowest BCUT2D eigenvalue weighted by Crippen LogP contribution is -2.48. The Morgan fingerprint density at radius 3 is 2.83 bits per heavy atom. The van der Waals surface area contributed by atoms with Gasteiger partial charge in [-0.3, -0.25) is 0 Å². The second-order valence-corrected chi connectivity index (χ2v) is 6.21. The van der Waals surface area contributed by atoms with Crippen LogP contribution in [0.1, 0.15) is 31.4 Å². The smallest absolute Gasteiger partial charge is 0.409 e. The first-order valence-corrected chi connectivity index (χ1v) is 8.34. The molecule has 0 radical (unpaired) electrons. The van der Waals surface area contributed by atoms with Gasteiger partial charge in [-0.1, -0.05) is 12.1 Å². The number of hydrogen-bond acceptors (Lipinski definition) is 4. The standard InChI is InChI=1S/C18H24N4O2/c1-14(20-16-4-3-10-21(12-16)18(23)24-2)15-5-7-17(8-6-15)22-11-9-19-13-22/h5-9,11,13-14,16,20H,3-4,10,12H2,1-2H3/t14-,16+/m1/s1. The lowest BCUT2D eigenvalue weighted by atomic mass is 10.0. The van der Waals surface area contributed by atoms with Gasteiger partial charge in [-0.25, -0.2) is 9.78 Å². The fraction of sp³-hybridized carbons (Fsp3) is 0.444. The molecular formula is C18H24N4O2. The van der Waals surface area contributed by atoms with Gasteiger partial charge in [0.1, 0.15) is 0 Å². The summed E-state index contributed by atoms with van der Waals surface area (Å²) < 4.78 is 6.81. The van der Waals surface area contributed by atoms with E-state index >= 15 is 0 Å². The molecule has 0 aliphatic carbocycles. The van der Waals surface area contributed by atoms with Crippen LogP contribution < -0.4 is 5.32 Å². The lowest BCUT2D eigenvalue weighted by molar-refractivity contribution is 0.106. The van der Waals surface area contributed by atoms with Crippen molar-refractivity contribution >= 4 is 6.09 Å². The minimum Gasteiger partial charge on any atom is -0.453 e. The molecule has 6 nitrogen and oxygen atoms in total. The van der Waals surface area contributed by atoms with Gasteiger partial charge in [-0.2, -0.15) is 0 Å². The zero-order chi connectivity index (χ0) is 16.9. The number of nitrogens with zero attached hydrogens (tertiary/aromatic N) is 3. The van der Waals surface area contributed by atoms with Crippen molar-refractivity contribution in [3.63, 3.8) is 0 Å². The first-order chi connectivity index (χ1) is 11.7. The van der Waals surface area contributed by atoms with Gasteiger partial charge in [0.15, 0.2) is 0 Å². The summed E-state index contributed by atoms with van der Waals surface area (Å²) in [7, 11) is 1.43. The normalized spacial score (nSPS) is 19.1. The molecule has 2 heterocycles. The number of ether oxygens (including phenoxy) is 1. The number of benzene rings is 1. The van der Waals surface area contributed by atoms with E-state index in [-0.39, 0.29) is 12.1 Å². The summed E-state index contributed by atoms with van der Waals surface area (Å²) in [6.07, 6.45) is 7.33. The molecule has 1 fully saturated rings. The maximum atomic E-state index is 11.7. The van der Waals surface area contributed by atoms with E-state index in [1.807, 2.05) is 10.8 Å². The Bertz CT molecular complexity index is 654. The topological polar surface area (TPSA) is 59.4 Å². The van der Waals surface area contributed by atoms with Crippen LogP contribution in [0.3, 0.4) is 0 Å². The zero-order valence-corrected chi connectivity index (χ0v) is 14.2. The molecule has 1 amide bonds. The third kappa shape index (κ3) is 3.76. The molecule has 0 unspecified atom stereocenters. The molecule has 1 N–H and O–H groups in total. The van der Waals surface area contributed by atoms with Crippen LogP contribution in [0.4, 0.5) is 4.79 Å². The average Bonchev–Trinajstić information content (AvgIpc) is 3.16. The molecule has 128 valence electrons. The number of carbonyl (C=O) groups is 1. The number of rotatable bonds is 4. The second kappa shape index (κ2) is 7.49. The van der Waals surface area contributed by atoms with Crippen LogP contribution in [0.15, 0.2) is 43.0 Å². The van der Waals surface area contributed by atoms with Gasteiger partial charge in [-0.05, 0) is 37.5 Å². The zero-order valence-electron chi connectivity index (χ0n) is 14.2. The third-order valence-electron chi connectivity index (χ3n) is 4.54. The summed E-state index contributed by atoms with van der Waals surface area (Å²) in [5.74, 6) is 0. The molecule has 1 aromatic carbocycles. The number of hydrogen-bond donors (Lipinski definition) is 1. The maximum absolute atomic E-state index is 11.7. The van der Waals surface area contributed by atoms with E-state index in [4.69, 9.17) is 4.74 Å². The fourth-order valence-electron chi connectivity index (χ4n) is 3.20. The minimum absolute atomic E-state index is 0.226. The highest BCUT2D eigenvalue weighted by molar-refractivity contribution is 5.67. The molecule has 6 heteroatoms. The predicted molar refractivity (Wildman–Crippen MR) is 92.1 cm³/mol. The van der Waals surface area contributed by atoms with Crippen LogP contribution in [0, 0.1) is 0 Å². The number of amides is 1. The van der Waals surface area contributed by atoms with Crippen molar-refractivity contribution in [1.82, 2.24) is 19.8 Å². The number of imidazole rings is 1. The van der Waals surface area contributed by atoms with Crippen molar-refractivity contribution in [2.45, 2.75) is 31.8 Å². The average molecular weight is 328 g/mol. The lowest BCUT2D eigenvalue weighted by Gasteiger charge is -2.34. The Labute approximate surface area is 142 Å². The summed E-state index contributed by atoms with van der Waals surface area (Å²) in [6.45, 7) is 3.63. The molecule has 2 atom stereocenters. The van der Waals surface area contributed by atoms with Crippen LogP contribution >= 0.6 is 0 Å². The maximum Gasteiger partial charge on any atom is 0.409 e. The number of nitrogens with one attached hydrogen (secondary N) is 1. The van der Waals surface area contributed by atoms with E-state index < -0.39 is 0 Å². The van der Waals surface area contributed by atoms with Crippen LogP contribution in [-0.4, -0.2) is 46.8 Å². The first kappa shape index (κ1) is 16.5. The minimum atomic E-state index is -0.237. The van der Waals surface area contributed by atoms with Gasteiger partial charge in [0.25, 0.3) is 0 Å². The van der Waals surface area contributed by atoms with Gasteiger partial charge in [-0.15, -0.1) is 0 Å². The SMILES string of the molecule is COC(=O)N1CCC[C@H](N[C@H](C)c2ccc(-n3ccnc3)cc2)C1. The van der Waals surface area contributed by atoms with Crippen LogP contribution in [0.5, 0.6) is 0 Å². The van der Waals surface area contributed by atoms with E-state index in [0.717, 1.165) is 25.1 Å². The van der Waals surface area contributed by atoms with Crippen molar-refractivity contribution in [2.24, 2.45) is 0 Å². The van der Waals surface area contributed by atoms with Gasteiger partial charge in [0.2, 0.25) is 0 Å². The second-order valence-electron chi connectivity index (χ2n) is 6.21. The molecule has 3 rings (SSSR count). The van der Waals surface area contributed by atoms with Crippen LogP contribution in [0.25, 0.3) is 5.69 Å². The van der Waals surface area contributed by atoms with E-state index in [9.17, 15) is 4.79 Å². The number of carbonyl (C=O) groups excluding carboxylic acids is 1. The van der Waals surface area contributed by atoms with E-state index in [0.29, 0.717) is 12.6 Å². The van der Waals surface area contributed by atoms with Gasteiger partial charge < -0.3 is 19.5 Å². The Hall–Kier alpha value is -2.34. The van der Waals surface area contributed by atoms with Gasteiger partial charge in [0.05, 0.1) is 13.4 Å². The summed E-state index contributed by atoms with van der Waals surface area (Å²) >= 11 is 0. The molecular weight excluding hydrogens is 304 g/mol. The molecule has 0 saturated carbocycles. The summed E-state index contributed by atoms with van der Waals surface area (Å²) in [4.78, 5) is 17.5. The fourth-order valence-corrected chi connectivity index (χ4v) is 3.20. The monoisotopic (exact) mass is 328 g/mol. The van der Waals surface area contributed by atoms with Gasteiger partial charge in [0, 0.05) is 43.3 Å². The predicted octanol–water partition coefficient (Wildman–Crippen LogP) is 2.75. The number of piperidine rings is 1. The highest BCUT2D eigenvalue weighted by Gasteiger charge is 2.25. The van der Waals surface area contributed by atoms with E-state index in [2.05, 4.69) is 41.5 Å². The van der Waals surface area contributed by atoms with Crippen molar-refractivity contribution in [1.29, 1.82) is 0 Å². The largest absolute Gasteiger partial charge is 0.453 e. The highest BCUT2D eigenvalue weighted by atomic mass is 16.5. The number of likely N-dealkylation sites (tertiary alicyclic amines) is 1. The molecule has 0 bridgehead atoms. The Morgan fingerprint density at radius 1 is 1.38 bits per heavy atom. The molecule has 0 spiro atoms. The van der Waals surface area contributed by atoms with Crippen LogP contribution in [0.2, 0.25) is 0 Å². The molecule has 1 aromatic heterocycles. The molecule has 24 heavy (non-hydrogen) atoms. The molecule has 1 saturated heterocycles. The Morgan fingerprint density at radius 2 is 2.17 bits per heavy atom. The van der Waals surface area contributed by atoms with Crippen molar-refractivity contribution in [3.8, 4) is 5.69 Å². The van der Waals surface area contributed by atoms with Crippen LogP contribution in [-0.2, 0) is 4.74 Å². The van der Waals surface area contributed by atoms with Gasteiger partial charge >= 0.3 is 6.09 Å². The summed E-state index contributed by atoms with van der Waals surface area (Å²) in [5, 5.41) is 3.63. The quantitative estimate of drug-likeness (QED) is 0.937. The number of aromatic nitrogens is 2. The Kier molecular flexibility index (Phi) is 5.15. The molecule has 1 aliphatic heterocycles. The molecule has 2 aromatic rings.